The Morgan fingerprint density at radius 1 is 0.905 bits per heavy atom. The van der Waals surface area contributed by atoms with Crippen LogP contribution in [0.15, 0.2) is 66.7 Å². The van der Waals surface area contributed by atoms with E-state index in [4.69, 9.17) is 10.5 Å². The standard InChI is InChI=1S/C19H19NO/c1-21-19-12-11-14-7-5-6-10-16(14)17(19)13-18(20)15-8-3-2-4-9-15/h2-12,18H,13,20H2,1H3. The summed E-state index contributed by atoms with van der Waals surface area (Å²) in [5.74, 6) is 0.903. The zero-order valence-electron chi connectivity index (χ0n) is 12.1. The van der Waals surface area contributed by atoms with E-state index in [0.717, 1.165) is 17.7 Å². The molecule has 0 radical (unpaired) electrons. The van der Waals surface area contributed by atoms with Gasteiger partial charge in [0.1, 0.15) is 5.75 Å². The Morgan fingerprint density at radius 3 is 2.38 bits per heavy atom. The highest BCUT2D eigenvalue weighted by atomic mass is 16.5. The first-order valence-electron chi connectivity index (χ1n) is 7.14. The molecule has 3 aromatic rings. The van der Waals surface area contributed by atoms with Crippen LogP contribution in [0, 0.1) is 0 Å². The Bertz CT molecular complexity index is 737. The van der Waals surface area contributed by atoms with Gasteiger partial charge >= 0.3 is 0 Å². The highest BCUT2D eigenvalue weighted by Gasteiger charge is 2.13. The van der Waals surface area contributed by atoms with Crippen molar-refractivity contribution in [3.05, 3.63) is 77.9 Å². The summed E-state index contributed by atoms with van der Waals surface area (Å²) in [4.78, 5) is 0. The Kier molecular flexibility index (Phi) is 3.89. The molecule has 0 saturated carbocycles. The minimum absolute atomic E-state index is 0.0362. The van der Waals surface area contributed by atoms with E-state index >= 15 is 0 Å². The largest absolute Gasteiger partial charge is 0.496 e. The molecule has 0 amide bonds. The van der Waals surface area contributed by atoms with Crippen molar-refractivity contribution in [1.82, 2.24) is 0 Å². The molecule has 1 atom stereocenters. The van der Waals surface area contributed by atoms with Crippen molar-refractivity contribution in [1.29, 1.82) is 0 Å². The molecule has 0 aliphatic rings. The van der Waals surface area contributed by atoms with Crippen molar-refractivity contribution >= 4 is 10.8 Å². The van der Waals surface area contributed by atoms with Crippen LogP contribution in [0.25, 0.3) is 10.8 Å². The molecule has 0 spiro atoms. The molecule has 3 rings (SSSR count). The zero-order chi connectivity index (χ0) is 14.7. The van der Waals surface area contributed by atoms with Crippen LogP contribution in [-0.4, -0.2) is 7.11 Å². The van der Waals surface area contributed by atoms with E-state index in [9.17, 15) is 0 Å². The number of fused-ring (bicyclic) bond motifs is 1. The summed E-state index contributed by atoms with van der Waals surface area (Å²) in [7, 11) is 1.71. The molecule has 2 N–H and O–H groups in total. The van der Waals surface area contributed by atoms with Crippen LogP contribution >= 0.6 is 0 Å². The molecule has 1 unspecified atom stereocenters. The molecule has 0 bridgehead atoms. The number of nitrogens with two attached hydrogens (primary N) is 1. The summed E-state index contributed by atoms with van der Waals surface area (Å²) in [6.45, 7) is 0. The predicted octanol–water partition coefficient (Wildman–Crippen LogP) is 4.09. The van der Waals surface area contributed by atoms with Gasteiger partial charge < -0.3 is 10.5 Å². The van der Waals surface area contributed by atoms with E-state index in [1.807, 2.05) is 24.3 Å². The Balaban J connectivity index is 2.03. The molecule has 0 aliphatic carbocycles. The minimum Gasteiger partial charge on any atom is -0.496 e. The van der Waals surface area contributed by atoms with Crippen LogP contribution in [0.3, 0.4) is 0 Å². The lowest BCUT2D eigenvalue weighted by molar-refractivity contribution is 0.409. The van der Waals surface area contributed by atoms with Crippen LogP contribution in [0.4, 0.5) is 0 Å². The highest BCUT2D eigenvalue weighted by Crippen LogP contribution is 2.31. The molecule has 106 valence electrons. The van der Waals surface area contributed by atoms with Gasteiger partial charge in [-0.2, -0.15) is 0 Å². The van der Waals surface area contributed by atoms with Gasteiger partial charge in [0.05, 0.1) is 7.11 Å². The summed E-state index contributed by atoms with van der Waals surface area (Å²) >= 11 is 0. The SMILES string of the molecule is COc1ccc2ccccc2c1CC(N)c1ccccc1. The fourth-order valence-corrected chi connectivity index (χ4v) is 2.76. The third-order valence-corrected chi connectivity index (χ3v) is 3.87. The van der Waals surface area contributed by atoms with Crippen LogP contribution in [0.2, 0.25) is 0 Å². The fourth-order valence-electron chi connectivity index (χ4n) is 2.76. The third-order valence-electron chi connectivity index (χ3n) is 3.87. The van der Waals surface area contributed by atoms with Crippen molar-refractivity contribution in [3.8, 4) is 5.75 Å². The van der Waals surface area contributed by atoms with Crippen LogP contribution < -0.4 is 10.5 Å². The van der Waals surface area contributed by atoms with Gasteiger partial charge in [-0.1, -0.05) is 60.7 Å². The van der Waals surface area contributed by atoms with Gasteiger partial charge in [0, 0.05) is 11.6 Å². The lowest BCUT2D eigenvalue weighted by Gasteiger charge is -2.17. The molecular weight excluding hydrogens is 258 g/mol. The Hall–Kier alpha value is -2.32. The van der Waals surface area contributed by atoms with Crippen LogP contribution in [0.5, 0.6) is 5.75 Å². The van der Waals surface area contributed by atoms with Gasteiger partial charge in [-0.05, 0) is 28.8 Å². The summed E-state index contributed by atoms with van der Waals surface area (Å²) in [6, 6.07) is 22.6. The van der Waals surface area contributed by atoms with E-state index in [0.29, 0.717) is 0 Å². The predicted molar refractivity (Wildman–Crippen MR) is 87.6 cm³/mol. The molecule has 3 aromatic carbocycles. The smallest absolute Gasteiger partial charge is 0.122 e. The van der Waals surface area contributed by atoms with E-state index in [2.05, 4.69) is 42.5 Å². The number of ether oxygens (including phenoxy) is 1. The van der Waals surface area contributed by atoms with E-state index in [1.165, 1.54) is 16.3 Å². The number of hydrogen-bond acceptors (Lipinski definition) is 2. The molecular formula is C19H19NO. The second kappa shape index (κ2) is 5.98. The first kappa shape index (κ1) is 13.7. The van der Waals surface area contributed by atoms with E-state index in [1.54, 1.807) is 7.11 Å². The fraction of sp³-hybridized carbons (Fsp3) is 0.158. The summed E-state index contributed by atoms with van der Waals surface area (Å²) < 4.78 is 5.53. The van der Waals surface area contributed by atoms with Gasteiger partial charge in [-0.15, -0.1) is 0 Å². The third kappa shape index (κ3) is 2.76. The molecule has 0 saturated heterocycles. The maximum Gasteiger partial charge on any atom is 0.122 e. The van der Waals surface area contributed by atoms with Crippen molar-refractivity contribution in [2.75, 3.05) is 7.11 Å². The maximum absolute atomic E-state index is 6.39. The van der Waals surface area contributed by atoms with Crippen LogP contribution in [-0.2, 0) is 6.42 Å². The second-order valence-electron chi connectivity index (χ2n) is 5.19. The van der Waals surface area contributed by atoms with Crippen molar-refractivity contribution in [3.63, 3.8) is 0 Å². The highest BCUT2D eigenvalue weighted by molar-refractivity contribution is 5.87. The van der Waals surface area contributed by atoms with Crippen molar-refractivity contribution in [2.45, 2.75) is 12.5 Å². The van der Waals surface area contributed by atoms with Gasteiger partial charge in [0.15, 0.2) is 0 Å². The van der Waals surface area contributed by atoms with Gasteiger partial charge in [-0.3, -0.25) is 0 Å². The average Bonchev–Trinajstić information content (AvgIpc) is 2.56. The summed E-state index contributed by atoms with van der Waals surface area (Å²) in [6.07, 6.45) is 0.758. The van der Waals surface area contributed by atoms with Gasteiger partial charge in [-0.25, -0.2) is 0 Å². The topological polar surface area (TPSA) is 35.2 Å². The molecule has 0 heterocycles. The number of hydrogen-bond donors (Lipinski definition) is 1. The Morgan fingerprint density at radius 2 is 1.62 bits per heavy atom. The first-order valence-corrected chi connectivity index (χ1v) is 7.14. The quantitative estimate of drug-likeness (QED) is 0.779. The Labute approximate surface area is 125 Å². The summed E-state index contributed by atoms with van der Waals surface area (Å²) in [5.41, 5.74) is 8.71. The maximum atomic E-state index is 6.39. The molecule has 2 heteroatoms. The van der Waals surface area contributed by atoms with E-state index < -0.39 is 0 Å². The number of rotatable bonds is 4. The number of benzene rings is 3. The molecule has 2 nitrogen and oxygen atoms in total. The van der Waals surface area contributed by atoms with E-state index in [-0.39, 0.29) is 6.04 Å². The van der Waals surface area contributed by atoms with Crippen molar-refractivity contribution < 1.29 is 4.74 Å². The monoisotopic (exact) mass is 277 g/mol. The molecule has 21 heavy (non-hydrogen) atoms. The van der Waals surface area contributed by atoms with Crippen LogP contribution in [0.1, 0.15) is 17.2 Å². The molecule has 0 aromatic heterocycles. The normalized spacial score (nSPS) is 12.3. The molecule has 0 aliphatic heterocycles. The van der Waals surface area contributed by atoms with Crippen molar-refractivity contribution in [2.24, 2.45) is 5.73 Å². The average molecular weight is 277 g/mol. The minimum atomic E-state index is -0.0362. The second-order valence-corrected chi connectivity index (χ2v) is 5.19. The lowest BCUT2D eigenvalue weighted by Crippen LogP contribution is -2.14. The lowest BCUT2D eigenvalue weighted by atomic mass is 9.94. The van der Waals surface area contributed by atoms with Gasteiger partial charge in [0.2, 0.25) is 0 Å². The zero-order valence-corrected chi connectivity index (χ0v) is 12.1. The molecule has 0 fully saturated rings. The van der Waals surface area contributed by atoms with Gasteiger partial charge in [0.25, 0.3) is 0 Å². The first-order chi connectivity index (χ1) is 10.3. The summed E-state index contributed by atoms with van der Waals surface area (Å²) in [5, 5.41) is 2.43. The number of methoxy groups -OCH3 is 1.